The van der Waals surface area contributed by atoms with Gasteiger partial charge in [-0.05, 0) is 6.07 Å². The number of piperidine rings is 1. The van der Waals surface area contributed by atoms with Crippen LogP contribution in [0.4, 0.5) is 26.3 Å². The number of carbonyl (C=O) groups is 1. The largest absolute Gasteiger partial charge is 0.417 e. The molecule has 1 amide bonds. The van der Waals surface area contributed by atoms with E-state index in [2.05, 4.69) is 0 Å². The number of likely N-dealkylation sites (tertiary alicyclic amines) is 1. The van der Waals surface area contributed by atoms with Gasteiger partial charge in [0.25, 0.3) is 0 Å². The molecule has 0 saturated carbocycles. The van der Waals surface area contributed by atoms with E-state index in [4.69, 9.17) is 0 Å². The summed E-state index contributed by atoms with van der Waals surface area (Å²) < 4.78 is 77.3. The first-order chi connectivity index (χ1) is 10.5. The van der Waals surface area contributed by atoms with Gasteiger partial charge in [-0.2, -0.15) is 13.2 Å². The Morgan fingerprint density at radius 1 is 1.09 bits per heavy atom. The molecule has 0 unspecified atom stereocenters. The van der Waals surface area contributed by atoms with Crippen molar-refractivity contribution < 1.29 is 36.2 Å². The molecule has 0 radical (unpaired) electrons. The minimum absolute atomic E-state index is 0.302. The molecule has 3 nitrogen and oxygen atoms in total. The van der Waals surface area contributed by atoms with Crippen LogP contribution in [0.2, 0.25) is 0 Å². The molecule has 1 aliphatic heterocycles. The first-order valence-electron chi connectivity index (χ1n) is 6.74. The van der Waals surface area contributed by atoms with Crippen molar-refractivity contribution >= 4 is 5.91 Å². The van der Waals surface area contributed by atoms with Crippen LogP contribution >= 0.6 is 0 Å². The van der Waals surface area contributed by atoms with E-state index in [-0.39, 0.29) is 18.7 Å². The van der Waals surface area contributed by atoms with E-state index in [9.17, 15) is 36.2 Å². The van der Waals surface area contributed by atoms with Crippen molar-refractivity contribution in [1.29, 1.82) is 0 Å². The number of hydrogen-bond acceptors (Lipinski definition) is 2. The molecular formula is C14H13F6NO2. The maximum Gasteiger partial charge on any atom is 0.417 e. The molecule has 1 N–H and O–H groups in total. The lowest BCUT2D eigenvalue weighted by Gasteiger charge is -2.39. The maximum atomic E-state index is 13.5. The third-order valence-electron chi connectivity index (χ3n) is 3.90. The molecule has 1 heterocycles. The van der Waals surface area contributed by atoms with E-state index >= 15 is 0 Å². The highest BCUT2D eigenvalue weighted by molar-refractivity contribution is 5.79. The fourth-order valence-corrected chi connectivity index (χ4v) is 2.38. The van der Waals surface area contributed by atoms with Gasteiger partial charge in [0.05, 0.1) is 6.42 Å². The average molecular weight is 341 g/mol. The summed E-state index contributed by atoms with van der Waals surface area (Å²) in [6, 6.07) is 0.842. The predicted molar refractivity (Wildman–Crippen MR) is 66.8 cm³/mol. The molecule has 0 aliphatic carbocycles. The number of rotatable bonds is 2. The van der Waals surface area contributed by atoms with Crippen LogP contribution in [0.3, 0.4) is 0 Å². The van der Waals surface area contributed by atoms with Crippen molar-refractivity contribution in [2.24, 2.45) is 0 Å². The normalized spacial score (nSPS) is 18.1. The topological polar surface area (TPSA) is 40.5 Å². The molecular weight excluding hydrogens is 328 g/mol. The van der Waals surface area contributed by atoms with Gasteiger partial charge in [-0.15, -0.1) is 0 Å². The van der Waals surface area contributed by atoms with Crippen LogP contribution < -0.4 is 0 Å². The summed E-state index contributed by atoms with van der Waals surface area (Å²) in [5.41, 5.74) is -3.23. The summed E-state index contributed by atoms with van der Waals surface area (Å²) in [7, 11) is 0. The molecule has 0 aromatic heterocycles. The predicted octanol–water partition coefficient (Wildman–Crippen LogP) is 2.56. The van der Waals surface area contributed by atoms with Crippen LogP contribution in [0, 0.1) is 17.5 Å². The Hall–Kier alpha value is -1.77. The monoisotopic (exact) mass is 341 g/mol. The first-order valence-corrected chi connectivity index (χ1v) is 6.74. The van der Waals surface area contributed by atoms with Crippen LogP contribution in [0.15, 0.2) is 12.1 Å². The Kier molecular flexibility index (Phi) is 4.61. The molecule has 1 fully saturated rings. The average Bonchev–Trinajstić information content (AvgIpc) is 2.44. The smallest absolute Gasteiger partial charge is 0.380 e. The second-order valence-corrected chi connectivity index (χ2v) is 5.44. The van der Waals surface area contributed by atoms with Gasteiger partial charge in [0, 0.05) is 37.6 Å². The van der Waals surface area contributed by atoms with Gasteiger partial charge < -0.3 is 10.0 Å². The molecule has 1 aromatic carbocycles. The summed E-state index contributed by atoms with van der Waals surface area (Å²) in [4.78, 5) is 13.0. The molecule has 1 aromatic rings. The third kappa shape index (κ3) is 3.60. The fraction of sp³-hybridized carbons (Fsp3) is 0.500. The number of aliphatic hydroxyl groups is 1. The molecule has 1 saturated heterocycles. The van der Waals surface area contributed by atoms with Gasteiger partial charge in [-0.1, -0.05) is 0 Å². The highest BCUT2D eigenvalue weighted by Gasteiger charge is 2.54. The van der Waals surface area contributed by atoms with Crippen molar-refractivity contribution in [3.8, 4) is 0 Å². The van der Waals surface area contributed by atoms with E-state index in [0.29, 0.717) is 12.1 Å². The lowest BCUT2D eigenvalue weighted by Crippen LogP contribution is -2.54. The summed E-state index contributed by atoms with van der Waals surface area (Å²) in [5, 5.41) is 9.49. The maximum absolute atomic E-state index is 13.5. The molecule has 0 spiro atoms. The van der Waals surface area contributed by atoms with Crippen molar-refractivity contribution in [2.75, 3.05) is 13.1 Å². The van der Waals surface area contributed by atoms with Gasteiger partial charge >= 0.3 is 6.18 Å². The van der Waals surface area contributed by atoms with Crippen LogP contribution in [0.5, 0.6) is 0 Å². The second-order valence-electron chi connectivity index (χ2n) is 5.44. The summed E-state index contributed by atoms with van der Waals surface area (Å²) in [6.45, 7) is -0.722. The minimum atomic E-state index is -4.80. The lowest BCUT2D eigenvalue weighted by atomic mass is 9.90. The fourth-order valence-electron chi connectivity index (χ4n) is 2.38. The summed E-state index contributed by atoms with van der Waals surface area (Å²) in [5.74, 6) is -4.55. The summed E-state index contributed by atoms with van der Waals surface area (Å²) >= 11 is 0. The quantitative estimate of drug-likeness (QED) is 0.664. The van der Waals surface area contributed by atoms with Gasteiger partial charge in [0.1, 0.15) is 5.82 Å². The highest BCUT2D eigenvalue weighted by atomic mass is 19.4. The Balaban J connectivity index is 2.03. The lowest BCUT2D eigenvalue weighted by molar-refractivity contribution is -0.272. The van der Waals surface area contributed by atoms with Crippen LogP contribution in [-0.2, 0) is 11.2 Å². The molecule has 0 atom stereocenters. The van der Waals surface area contributed by atoms with Crippen molar-refractivity contribution in [2.45, 2.75) is 31.0 Å². The number of halogens is 6. The molecule has 23 heavy (non-hydrogen) atoms. The zero-order chi connectivity index (χ0) is 17.4. The van der Waals surface area contributed by atoms with Crippen molar-refractivity contribution in [1.82, 2.24) is 4.90 Å². The second kappa shape index (κ2) is 6.03. The van der Waals surface area contributed by atoms with E-state index in [1.54, 1.807) is 0 Å². The highest BCUT2D eigenvalue weighted by Crippen LogP contribution is 2.38. The molecule has 128 valence electrons. The Morgan fingerprint density at radius 2 is 1.61 bits per heavy atom. The van der Waals surface area contributed by atoms with Crippen LogP contribution in [0.1, 0.15) is 18.4 Å². The molecule has 1 aliphatic rings. The van der Waals surface area contributed by atoms with Crippen LogP contribution in [0.25, 0.3) is 0 Å². The zero-order valence-electron chi connectivity index (χ0n) is 11.8. The molecule has 0 bridgehead atoms. The van der Waals surface area contributed by atoms with Crippen LogP contribution in [-0.4, -0.2) is 40.8 Å². The van der Waals surface area contributed by atoms with Gasteiger partial charge in [0.15, 0.2) is 17.2 Å². The van der Waals surface area contributed by atoms with Gasteiger partial charge in [0.2, 0.25) is 5.91 Å². The van der Waals surface area contributed by atoms with Gasteiger partial charge in [-0.25, -0.2) is 13.2 Å². The third-order valence-corrected chi connectivity index (χ3v) is 3.90. The SMILES string of the molecule is O=C(Cc1cc(F)c(F)cc1F)N1CCC(O)(C(F)(F)F)CC1. The number of alkyl halides is 3. The van der Waals surface area contributed by atoms with E-state index in [1.165, 1.54) is 0 Å². The minimum Gasteiger partial charge on any atom is -0.380 e. The molecule has 2 rings (SSSR count). The van der Waals surface area contributed by atoms with E-state index < -0.39 is 54.4 Å². The van der Waals surface area contributed by atoms with Gasteiger partial charge in [-0.3, -0.25) is 4.79 Å². The first kappa shape index (κ1) is 17.6. The number of hydrogen-bond donors (Lipinski definition) is 1. The zero-order valence-corrected chi connectivity index (χ0v) is 11.8. The standard InChI is InChI=1S/C14H13F6NO2/c15-9-7-11(17)10(16)5-8(9)6-12(22)21-3-1-13(23,2-4-21)14(18,19)20/h5,7,23H,1-4,6H2. The number of carbonyl (C=O) groups excluding carboxylic acids is 1. The van der Waals surface area contributed by atoms with E-state index in [0.717, 1.165) is 4.90 Å². The molecule has 9 heteroatoms. The summed E-state index contributed by atoms with van der Waals surface area (Å²) in [6.07, 6.45) is -6.78. The van der Waals surface area contributed by atoms with E-state index in [1.807, 2.05) is 0 Å². The number of amides is 1. The van der Waals surface area contributed by atoms with Crippen molar-refractivity contribution in [3.63, 3.8) is 0 Å². The Bertz CT molecular complexity index is 608. The number of nitrogens with zero attached hydrogens (tertiary/aromatic N) is 1. The Morgan fingerprint density at radius 3 is 2.13 bits per heavy atom. The Labute approximate surface area is 127 Å². The number of benzene rings is 1. The van der Waals surface area contributed by atoms with Crippen molar-refractivity contribution in [3.05, 3.63) is 35.1 Å².